The molecule has 4 heteroatoms. The Bertz CT molecular complexity index is 347. The molecule has 0 aliphatic heterocycles. The van der Waals surface area contributed by atoms with Gasteiger partial charge in [0.25, 0.3) is 0 Å². The van der Waals surface area contributed by atoms with Crippen LogP contribution in [0.15, 0.2) is 4.79 Å². The maximum Gasteiger partial charge on any atom is 0.370 e. The number of nitrogens with zero attached hydrogens (tertiary/aromatic N) is 3. The molecule has 0 aliphatic rings. The highest BCUT2D eigenvalue weighted by Gasteiger charge is 2.17. The summed E-state index contributed by atoms with van der Waals surface area (Å²) < 4.78 is 1.95. The van der Waals surface area contributed by atoms with E-state index in [1.54, 1.807) is 0 Å². The first-order valence-electron chi connectivity index (χ1n) is 4.27. The quantitative estimate of drug-likeness (QED) is 0.600. The Hall–Kier alpha value is -1.19. The predicted octanol–water partition coefficient (Wildman–Crippen LogP) is 1.01. The van der Waals surface area contributed by atoms with E-state index in [2.05, 4.69) is 30.7 Å². The van der Waals surface area contributed by atoms with Crippen LogP contribution in [0, 0.1) is 13.8 Å². The van der Waals surface area contributed by atoms with Crippen molar-refractivity contribution in [1.29, 1.82) is 0 Å². The molecule has 1 aromatic heterocycles. The summed E-state index contributed by atoms with van der Waals surface area (Å²) in [4.78, 5) is 18.5. The van der Waals surface area contributed by atoms with Crippen molar-refractivity contribution in [2.24, 2.45) is 0 Å². The van der Waals surface area contributed by atoms with E-state index >= 15 is 0 Å². The molecule has 0 aromatic carbocycles. The van der Waals surface area contributed by atoms with Gasteiger partial charge in [-0.2, -0.15) is 9.97 Å². The average Bonchev–Trinajstić information content (AvgIpc) is 1.78. The third kappa shape index (κ3) is 1.94. The minimum atomic E-state index is -0.407. The summed E-state index contributed by atoms with van der Waals surface area (Å²) in [7, 11) is 0. The lowest BCUT2D eigenvalue weighted by molar-refractivity contribution is 0.362. The molecule has 0 unspecified atom stereocenters. The molecular weight excluding hydrogens is 166 g/mol. The second kappa shape index (κ2) is 2.94. The van der Waals surface area contributed by atoms with Crippen LogP contribution in [0.25, 0.3) is 0 Å². The van der Waals surface area contributed by atoms with E-state index in [0.717, 1.165) is 0 Å². The summed E-state index contributed by atoms with van der Waals surface area (Å²) in [5.74, 6) is 1.43. The fourth-order valence-electron chi connectivity index (χ4n) is 1.61. The SMILES string of the molecule is Cc1nc(=O)nc(C)n1C(C)(C)C. The maximum atomic E-state index is 11.0. The lowest BCUT2D eigenvalue weighted by Crippen LogP contribution is -2.31. The second-order valence-electron chi connectivity index (χ2n) is 4.11. The molecule has 0 amide bonds. The maximum absolute atomic E-state index is 11.0. The molecule has 72 valence electrons. The topological polar surface area (TPSA) is 47.8 Å². The van der Waals surface area contributed by atoms with Crippen LogP contribution in [0.2, 0.25) is 0 Å². The molecule has 1 rings (SSSR count). The van der Waals surface area contributed by atoms with Gasteiger partial charge >= 0.3 is 5.69 Å². The van der Waals surface area contributed by atoms with E-state index in [9.17, 15) is 4.79 Å². The smallest absolute Gasteiger partial charge is 0.313 e. The third-order valence-electron chi connectivity index (χ3n) is 1.83. The average molecular weight is 181 g/mol. The van der Waals surface area contributed by atoms with Crippen LogP contribution in [0.3, 0.4) is 0 Å². The predicted molar refractivity (Wildman–Crippen MR) is 50.8 cm³/mol. The van der Waals surface area contributed by atoms with Crippen molar-refractivity contribution in [3.05, 3.63) is 22.1 Å². The number of aromatic nitrogens is 3. The van der Waals surface area contributed by atoms with Crippen LogP contribution >= 0.6 is 0 Å². The molecule has 1 aromatic rings. The van der Waals surface area contributed by atoms with Gasteiger partial charge < -0.3 is 4.57 Å². The van der Waals surface area contributed by atoms with Crippen LogP contribution in [-0.4, -0.2) is 14.5 Å². The van der Waals surface area contributed by atoms with Crippen LogP contribution < -0.4 is 5.69 Å². The van der Waals surface area contributed by atoms with Crippen LogP contribution in [0.4, 0.5) is 0 Å². The van der Waals surface area contributed by atoms with E-state index in [-0.39, 0.29) is 5.54 Å². The summed E-state index contributed by atoms with van der Waals surface area (Å²) in [5, 5.41) is 0. The lowest BCUT2D eigenvalue weighted by atomic mass is 10.1. The Balaban J connectivity index is 3.47. The fraction of sp³-hybridized carbons (Fsp3) is 0.667. The molecule has 0 saturated carbocycles. The zero-order valence-electron chi connectivity index (χ0n) is 8.75. The minimum Gasteiger partial charge on any atom is -0.313 e. The molecule has 0 N–H and O–H groups in total. The summed E-state index contributed by atoms with van der Waals surface area (Å²) in [6.07, 6.45) is 0. The Morgan fingerprint density at radius 1 is 1.08 bits per heavy atom. The number of rotatable bonds is 0. The summed E-state index contributed by atoms with van der Waals surface area (Å²) in [6, 6.07) is 0. The van der Waals surface area contributed by atoms with Gasteiger partial charge in [-0.3, -0.25) is 0 Å². The first kappa shape index (κ1) is 9.89. The van der Waals surface area contributed by atoms with Gasteiger partial charge in [0.15, 0.2) is 0 Å². The minimum absolute atomic E-state index is 0.0815. The molecule has 1 heterocycles. The van der Waals surface area contributed by atoms with Crippen molar-refractivity contribution in [2.45, 2.75) is 40.2 Å². The van der Waals surface area contributed by atoms with Gasteiger partial charge in [-0.1, -0.05) is 0 Å². The molecule has 0 fully saturated rings. The Labute approximate surface area is 77.7 Å². The first-order chi connectivity index (χ1) is 5.82. The molecule has 0 spiro atoms. The fourth-order valence-corrected chi connectivity index (χ4v) is 1.61. The standard InChI is InChI=1S/C9H15N3O/c1-6-10-8(13)11-7(2)12(6)9(3,4)5/h1-5H3. The summed E-state index contributed by atoms with van der Waals surface area (Å²) in [5.41, 5.74) is -0.488. The number of hydrogen-bond acceptors (Lipinski definition) is 3. The largest absolute Gasteiger partial charge is 0.370 e. The third-order valence-corrected chi connectivity index (χ3v) is 1.83. The van der Waals surface area contributed by atoms with Crippen molar-refractivity contribution in [1.82, 2.24) is 14.5 Å². The van der Waals surface area contributed by atoms with Crippen molar-refractivity contribution >= 4 is 0 Å². The summed E-state index contributed by atoms with van der Waals surface area (Å²) in [6.45, 7) is 9.81. The zero-order chi connectivity index (χ0) is 10.2. The van der Waals surface area contributed by atoms with Gasteiger partial charge in [-0.25, -0.2) is 4.79 Å². The Morgan fingerprint density at radius 3 is 1.77 bits per heavy atom. The number of hydrogen-bond donors (Lipinski definition) is 0. The van der Waals surface area contributed by atoms with E-state index in [0.29, 0.717) is 11.6 Å². The van der Waals surface area contributed by atoms with Gasteiger partial charge in [0.2, 0.25) is 0 Å². The first-order valence-corrected chi connectivity index (χ1v) is 4.27. The summed E-state index contributed by atoms with van der Waals surface area (Å²) >= 11 is 0. The zero-order valence-corrected chi connectivity index (χ0v) is 8.75. The van der Waals surface area contributed by atoms with Gasteiger partial charge in [0, 0.05) is 5.54 Å². The monoisotopic (exact) mass is 181 g/mol. The van der Waals surface area contributed by atoms with Crippen LogP contribution in [0.1, 0.15) is 32.4 Å². The Kier molecular flexibility index (Phi) is 2.24. The normalized spacial score (nSPS) is 11.8. The molecule has 13 heavy (non-hydrogen) atoms. The van der Waals surface area contributed by atoms with Crippen LogP contribution in [-0.2, 0) is 5.54 Å². The van der Waals surface area contributed by atoms with E-state index < -0.39 is 5.69 Å². The van der Waals surface area contributed by atoms with Crippen molar-refractivity contribution in [3.63, 3.8) is 0 Å². The van der Waals surface area contributed by atoms with Crippen molar-refractivity contribution < 1.29 is 0 Å². The highest BCUT2D eigenvalue weighted by molar-refractivity contribution is 4.97. The molecule has 0 atom stereocenters. The highest BCUT2D eigenvalue weighted by atomic mass is 16.1. The molecule has 0 bridgehead atoms. The van der Waals surface area contributed by atoms with E-state index in [1.807, 2.05) is 18.4 Å². The van der Waals surface area contributed by atoms with Crippen LogP contribution in [0.5, 0.6) is 0 Å². The van der Waals surface area contributed by atoms with E-state index in [1.165, 1.54) is 0 Å². The van der Waals surface area contributed by atoms with Gasteiger partial charge in [0.1, 0.15) is 11.6 Å². The van der Waals surface area contributed by atoms with Gasteiger partial charge in [0.05, 0.1) is 0 Å². The molecular formula is C9H15N3O. The van der Waals surface area contributed by atoms with Crippen molar-refractivity contribution in [3.8, 4) is 0 Å². The van der Waals surface area contributed by atoms with E-state index in [4.69, 9.17) is 0 Å². The molecule has 0 radical (unpaired) electrons. The molecule has 4 nitrogen and oxygen atoms in total. The van der Waals surface area contributed by atoms with Gasteiger partial charge in [-0.15, -0.1) is 0 Å². The molecule has 0 saturated heterocycles. The van der Waals surface area contributed by atoms with Gasteiger partial charge in [-0.05, 0) is 34.6 Å². The van der Waals surface area contributed by atoms with Crippen molar-refractivity contribution in [2.75, 3.05) is 0 Å². The Morgan fingerprint density at radius 2 is 1.46 bits per heavy atom. The molecule has 0 aliphatic carbocycles. The second-order valence-corrected chi connectivity index (χ2v) is 4.11. The lowest BCUT2D eigenvalue weighted by Gasteiger charge is -2.26. The highest BCUT2D eigenvalue weighted by Crippen LogP contribution is 2.15. The number of aryl methyl sites for hydroxylation is 2.